The number of phenolic OH excluding ortho intramolecular Hbond substituents is 1. The molecule has 0 amide bonds. The lowest BCUT2D eigenvalue weighted by atomic mass is 9.97. The lowest BCUT2D eigenvalue weighted by Crippen LogP contribution is -2.24. The average Bonchev–Trinajstić information content (AvgIpc) is 3.01. The molecule has 3 aromatic rings. The smallest absolute Gasteiger partial charge is 0.138 e. The van der Waals surface area contributed by atoms with Gasteiger partial charge in [-0.25, -0.2) is 9.97 Å². The Morgan fingerprint density at radius 1 is 1.12 bits per heavy atom. The topological polar surface area (TPSA) is 78.3 Å². The molecular weight excluding hydrogens is 334 g/mol. The lowest BCUT2D eigenvalue weighted by molar-refractivity contribution is 0.160. The first-order valence-electron chi connectivity index (χ1n) is 8.62. The quantitative estimate of drug-likeness (QED) is 0.663. The van der Waals surface area contributed by atoms with Crippen molar-refractivity contribution in [2.24, 2.45) is 0 Å². The van der Waals surface area contributed by atoms with Crippen LogP contribution < -0.4 is 5.32 Å². The van der Waals surface area contributed by atoms with Crippen LogP contribution in [0, 0.1) is 0 Å². The summed E-state index contributed by atoms with van der Waals surface area (Å²) in [5, 5.41) is 24.5. The van der Waals surface area contributed by atoms with Crippen LogP contribution in [0.1, 0.15) is 41.9 Å². The van der Waals surface area contributed by atoms with E-state index < -0.39 is 6.10 Å². The van der Waals surface area contributed by atoms with Gasteiger partial charge in [0.2, 0.25) is 0 Å². The molecule has 130 valence electrons. The SMILES string of the molecule is C[C@@H](Nc1ncnc2sc3c(c12)CCCC3)[C@@H](O)c1ccc(O)cc1. The van der Waals surface area contributed by atoms with Gasteiger partial charge in [0.25, 0.3) is 0 Å². The summed E-state index contributed by atoms with van der Waals surface area (Å²) in [4.78, 5) is 11.3. The van der Waals surface area contributed by atoms with Gasteiger partial charge in [0, 0.05) is 4.88 Å². The fourth-order valence-corrected chi connectivity index (χ4v) is 4.68. The number of aliphatic hydroxyl groups excluding tert-OH is 1. The highest BCUT2D eigenvalue weighted by atomic mass is 32.1. The van der Waals surface area contributed by atoms with Crippen LogP contribution in [-0.2, 0) is 12.8 Å². The molecule has 0 unspecified atom stereocenters. The maximum atomic E-state index is 10.6. The van der Waals surface area contributed by atoms with Crippen molar-refractivity contribution in [1.29, 1.82) is 0 Å². The minimum absolute atomic E-state index is 0.193. The molecule has 0 bridgehead atoms. The van der Waals surface area contributed by atoms with Gasteiger partial charge < -0.3 is 15.5 Å². The molecule has 3 N–H and O–H groups in total. The maximum Gasteiger partial charge on any atom is 0.138 e. The Morgan fingerprint density at radius 2 is 1.88 bits per heavy atom. The summed E-state index contributed by atoms with van der Waals surface area (Å²) in [5.41, 5.74) is 2.14. The number of benzene rings is 1. The molecular formula is C19H21N3O2S. The molecule has 2 aromatic heterocycles. The van der Waals surface area contributed by atoms with E-state index in [0.717, 1.165) is 34.4 Å². The van der Waals surface area contributed by atoms with Crippen LogP contribution in [-0.4, -0.2) is 26.2 Å². The average molecular weight is 355 g/mol. The second-order valence-electron chi connectivity index (χ2n) is 6.58. The molecule has 1 aromatic carbocycles. The van der Waals surface area contributed by atoms with Crippen molar-refractivity contribution < 1.29 is 10.2 Å². The highest BCUT2D eigenvalue weighted by molar-refractivity contribution is 7.19. The summed E-state index contributed by atoms with van der Waals surface area (Å²) in [6, 6.07) is 6.43. The number of thiophene rings is 1. The summed E-state index contributed by atoms with van der Waals surface area (Å²) in [6.07, 6.45) is 5.55. The highest BCUT2D eigenvalue weighted by Gasteiger charge is 2.22. The fraction of sp³-hybridized carbons (Fsp3) is 0.368. The second kappa shape index (κ2) is 6.61. The molecule has 0 saturated heterocycles. The fourth-order valence-electron chi connectivity index (χ4n) is 3.45. The van der Waals surface area contributed by atoms with Crippen LogP contribution in [0.4, 0.5) is 5.82 Å². The first kappa shape index (κ1) is 16.3. The number of aliphatic hydroxyl groups is 1. The second-order valence-corrected chi connectivity index (χ2v) is 7.67. The van der Waals surface area contributed by atoms with Crippen molar-refractivity contribution in [2.45, 2.75) is 44.8 Å². The van der Waals surface area contributed by atoms with Crippen molar-refractivity contribution in [3.05, 3.63) is 46.6 Å². The summed E-state index contributed by atoms with van der Waals surface area (Å²) < 4.78 is 0. The van der Waals surface area contributed by atoms with Crippen LogP contribution in [0.15, 0.2) is 30.6 Å². The van der Waals surface area contributed by atoms with E-state index in [1.807, 2.05) is 6.92 Å². The molecule has 2 atom stereocenters. The summed E-state index contributed by atoms with van der Waals surface area (Å²) in [5.74, 6) is 0.994. The zero-order valence-corrected chi connectivity index (χ0v) is 14.9. The maximum absolute atomic E-state index is 10.6. The van der Waals surface area contributed by atoms with Crippen LogP contribution in [0.5, 0.6) is 5.75 Å². The van der Waals surface area contributed by atoms with Crippen LogP contribution >= 0.6 is 11.3 Å². The van der Waals surface area contributed by atoms with Crippen molar-refractivity contribution in [3.8, 4) is 5.75 Å². The number of fused-ring (bicyclic) bond motifs is 3. The van der Waals surface area contributed by atoms with E-state index in [2.05, 4.69) is 15.3 Å². The molecule has 1 aliphatic carbocycles. The normalized spacial score (nSPS) is 16.4. The predicted molar refractivity (Wildman–Crippen MR) is 100 cm³/mol. The number of aromatic nitrogens is 2. The lowest BCUT2D eigenvalue weighted by Gasteiger charge is -2.22. The Morgan fingerprint density at radius 3 is 2.68 bits per heavy atom. The summed E-state index contributed by atoms with van der Waals surface area (Å²) in [7, 11) is 0. The number of anilines is 1. The standard InChI is InChI=1S/C19H21N3O2S/c1-11(17(24)12-6-8-13(23)9-7-12)22-18-16-14-4-2-3-5-15(14)25-19(16)21-10-20-18/h6-11,17,23-24H,2-5H2,1H3,(H,20,21,22)/t11-,17-/m1/s1. The van der Waals surface area contributed by atoms with Gasteiger partial charge in [0.1, 0.15) is 22.7 Å². The molecule has 2 heterocycles. The van der Waals surface area contributed by atoms with Crippen LogP contribution in [0.3, 0.4) is 0 Å². The molecule has 0 spiro atoms. The van der Waals surface area contributed by atoms with E-state index in [4.69, 9.17) is 0 Å². The Kier molecular flexibility index (Phi) is 4.31. The molecule has 0 saturated carbocycles. The van der Waals surface area contributed by atoms with Crippen LogP contribution in [0.2, 0.25) is 0 Å². The van der Waals surface area contributed by atoms with Gasteiger partial charge >= 0.3 is 0 Å². The number of nitrogens with one attached hydrogen (secondary N) is 1. The number of rotatable bonds is 4. The minimum Gasteiger partial charge on any atom is -0.508 e. The van der Waals surface area contributed by atoms with Gasteiger partial charge in [-0.3, -0.25) is 0 Å². The van der Waals surface area contributed by atoms with Gasteiger partial charge in [0.15, 0.2) is 0 Å². The monoisotopic (exact) mass is 355 g/mol. The molecule has 0 fully saturated rings. The number of nitrogens with zero attached hydrogens (tertiary/aromatic N) is 2. The van der Waals surface area contributed by atoms with E-state index in [-0.39, 0.29) is 11.8 Å². The molecule has 4 rings (SSSR count). The highest BCUT2D eigenvalue weighted by Crippen LogP contribution is 2.38. The Bertz CT molecular complexity index is 892. The van der Waals surface area contributed by atoms with Crippen molar-refractivity contribution >= 4 is 27.4 Å². The third kappa shape index (κ3) is 3.07. The van der Waals surface area contributed by atoms with E-state index >= 15 is 0 Å². The summed E-state index contributed by atoms with van der Waals surface area (Å²) >= 11 is 1.77. The molecule has 5 nitrogen and oxygen atoms in total. The van der Waals surface area contributed by atoms with Gasteiger partial charge in [-0.05, 0) is 55.9 Å². The van der Waals surface area contributed by atoms with Crippen molar-refractivity contribution in [3.63, 3.8) is 0 Å². The van der Waals surface area contributed by atoms with E-state index in [1.54, 1.807) is 41.9 Å². The van der Waals surface area contributed by atoms with Gasteiger partial charge in [0.05, 0.1) is 17.5 Å². The van der Waals surface area contributed by atoms with Crippen molar-refractivity contribution in [2.75, 3.05) is 5.32 Å². The molecule has 25 heavy (non-hydrogen) atoms. The number of phenols is 1. The van der Waals surface area contributed by atoms with E-state index in [9.17, 15) is 10.2 Å². The Balaban J connectivity index is 1.63. The van der Waals surface area contributed by atoms with Gasteiger partial charge in [-0.15, -0.1) is 11.3 Å². The molecule has 0 aliphatic heterocycles. The number of hydrogen-bond acceptors (Lipinski definition) is 6. The zero-order valence-electron chi connectivity index (χ0n) is 14.1. The van der Waals surface area contributed by atoms with E-state index in [1.165, 1.54) is 23.3 Å². The molecule has 0 radical (unpaired) electrons. The third-order valence-corrected chi connectivity index (χ3v) is 6.02. The largest absolute Gasteiger partial charge is 0.508 e. The minimum atomic E-state index is -0.694. The summed E-state index contributed by atoms with van der Waals surface area (Å²) in [6.45, 7) is 1.93. The third-order valence-electron chi connectivity index (χ3n) is 4.82. The van der Waals surface area contributed by atoms with Gasteiger partial charge in [-0.2, -0.15) is 0 Å². The van der Waals surface area contributed by atoms with E-state index in [0.29, 0.717) is 0 Å². The number of aryl methyl sites for hydroxylation is 2. The Labute approximate surface area is 150 Å². The predicted octanol–water partition coefficient (Wildman–Crippen LogP) is 3.81. The number of aromatic hydroxyl groups is 1. The van der Waals surface area contributed by atoms with Crippen LogP contribution in [0.25, 0.3) is 10.2 Å². The molecule has 6 heteroatoms. The number of hydrogen-bond donors (Lipinski definition) is 3. The Hall–Kier alpha value is -2.18. The van der Waals surface area contributed by atoms with Gasteiger partial charge in [-0.1, -0.05) is 12.1 Å². The first-order valence-corrected chi connectivity index (χ1v) is 9.44. The zero-order chi connectivity index (χ0) is 17.4. The molecule has 1 aliphatic rings. The van der Waals surface area contributed by atoms with Crippen molar-refractivity contribution in [1.82, 2.24) is 9.97 Å². The first-order chi connectivity index (χ1) is 12.1.